The molecule has 0 radical (unpaired) electrons. The molecular formula is C14H18N4. The average Bonchev–Trinajstić information content (AvgIpc) is 2.73. The molecule has 0 atom stereocenters. The van der Waals surface area contributed by atoms with E-state index < -0.39 is 0 Å². The number of aromatic amines is 1. The third-order valence-electron chi connectivity index (χ3n) is 3.05. The third-order valence-corrected chi connectivity index (χ3v) is 3.05. The van der Waals surface area contributed by atoms with Crippen molar-refractivity contribution in [3.63, 3.8) is 0 Å². The van der Waals surface area contributed by atoms with Crippen LogP contribution in [0.15, 0.2) is 18.2 Å². The van der Waals surface area contributed by atoms with Crippen LogP contribution in [0.1, 0.15) is 17.8 Å². The highest BCUT2D eigenvalue weighted by molar-refractivity contribution is 5.75. The van der Waals surface area contributed by atoms with Crippen molar-refractivity contribution in [3.05, 3.63) is 29.6 Å². The number of nitrogens with zero attached hydrogens (tertiary/aromatic N) is 3. The van der Waals surface area contributed by atoms with E-state index in [4.69, 9.17) is 5.26 Å². The summed E-state index contributed by atoms with van der Waals surface area (Å²) in [6.45, 7) is 3.78. The summed E-state index contributed by atoms with van der Waals surface area (Å²) in [6, 6.07) is 8.51. The number of likely N-dealkylation sites (N-methyl/N-ethyl adjacent to an activating group) is 1. The molecule has 0 aliphatic heterocycles. The van der Waals surface area contributed by atoms with Crippen LogP contribution in [0.25, 0.3) is 11.0 Å². The minimum Gasteiger partial charge on any atom is -0.342 e. The van der Waals surface area contributed by atoms with Gasteiger partial charge >= 0.3 is 0 Å². The Morgan fingerprint density at radius 2 is 2.22 bits per heavy atom. The summed E-state index contributed by atoms with van der Waals surface area (Å²) < 4.78 is 0. The molecule has 0 bridgehead atoms. The highest BCUT2D eigenvalue weighted by Gasteiger charge is 2.02. The van der Waals surface area contributed by atoms with E-state index in [1.807, 2.05) is 6.92 Å². The van der Waals surface area contributed by atoms with Gasteiger partial charge in [0.05, 0.1) is 17.1 Å². The largest absolute Gasteiger partial charge is 0.342 e. The van der Waals surface area contributed by atoms with Crippen molar-refractivity contribution in [2.24, 2.45) is 0 Å². The van der Waals surface area contributed by atoms with Crippen LogP contribution in [0, 0.1) is 18.3 Å². The molecule has 0 spiro atoms. The van der Waals surface area contributed by atoms with Crippen molar-refractivity contribution in [2.75, 3.05) is 20.1 Å². The van der Waals surface area contributed by atoms with Crippen LogP contribution in [0.3, 0.4) is 0 Å². The SMILES string of the molecule is Cc1nc2ccc(CCN(C)CCC#N)cc2[nH]1. The molecule has 18 heavy (non-hydrogen) atoms. The van der Waals surface area contributed by atoms with Gasteiger partial charge in [-0.3, -0.25) is 0 Å². The number of nitriles is 1. The lowest BCUT2D eigenvalue weighted by Gasteiger charge is -2.14. The summed E-state index contributed by atoms with van der Waals surface area (Å²) in [4.78, 5) is 9.83. The molecule has 0 fully saturated rings. The van der Waals surface area contributed by atoms with E-state index in [1.54, 1.807) is 0 Å². The molecule has 0 aliphatic carbocycles. The first-order valence-corrected chi connectivity index (χ1v) is 6.20. The molecular weight excluding hydrogens is 224 g/mol. The third kappa shape index (κ3) is 3.08. The number of aromatic nitrogens is 2. The van der Waals surface area contributed by atoms with Gasteiger partial charge in [0, 0.05) is 19.5 Å². The summed E-state index contributed by atoms with van der Waals surface area (Å²) in [5.41, 5.74) is 3.42. The maximum atomic E-state index is 8.53. The van der Waals surface area contributed by atoms with E-state index in [0.717, 1.165) is 36.4 Å². The Balaban J connectivity index is 1.97. The van der Waals surface area contributed by atoms with Crippen LogP contribution in [0.2, 0.25) is 0 Å². The molecule has 1 aromatic carbocycles. The van der Waals surface area contributed by atoms with Gasteiger partial charge in [0.1, 0.15) is 5.82 Å². The number of rotatable bonds is 5. The van der Waals surface area contributed by atoms with Gasteiger partial charge in [-0.15, -0.1) is 0 Å². The van der Waals surface area contributed by atoms with Gasteiger partial charge in [-0.05, 0) is 38.1 Å². The van der Waals surface area contributed by atoms with E-state index in [9.17, 15) is 0 Å². The van der Waals surface area contributed by atoms with Gasteiger partial charge in [0.15, 0.2) is 0 Å². The lowest BCUT2D eigenvalue weighted by atomic mass is 10.1. The van der Waals surface area contributed by atoms with Crippen molar-refractivity contribution in [1.29, 1.82) is 5.26 Å². The fraction of sp³-hybridized carbons (Fsp3) is 0.429. The van der Waals surface area contributed by atoms with Crippen LogP contribution in [-0.4, -0.2) is 35.0 Å². The number of hydrogen-bond donors (Lipinski definition) is 1. The lowest BCUT2D eigenvalue weighted by Crippen LogP contribution is -2.22. The highest BCUT2D eigenvalue weighted by atomic mass is 15.1. The maximum absolute atomic E-state index is 8.53. The smallest absolute Gasteiger partial charge is 0.104 e. The topological polar surface area (TPSA) is 55.7 Å². The maximum Gasteiger partial charge on any atom is 0.104 e. The van der Waals surface area contributed by atoms with Gasteiger partial charge in [0.25, 0.3) is 0 Å². The van der Waals surface area contributed by atoms with E-state index in [-0.39, 0.29) is 0 Å². The fourth-order valence-electron chi connectivity index (χ4n) is 2.01. The number of H-pyrrole nitrogens is 1. The molecule has 1 heterocycles. The zero-order chi connectivity index (χ0) is 13.0. The molecule has 94 valence electrons. The Bertz CT molecular complexity index is 565. The summed E-state index contributed by atoms with van der Waals surface area (Å²) in [5, 5.41) is 8.53. The quantitative estimate of drug-likeness (QED) is 0.875. The summed E-state index contributed by atoms with van der Waals surface area (Å²) in [6.07, 6.45) is 1.59. The molecule has 0 saturated carbocycles. The van der Waals surface area contributed by atoms with E-state index >= 15 is 0 Å². The first-order valence-electron chi connectivity index (χ1n) is 6.20. The lowest BCUT2D eigenvalue weighted by molar-refractivity contribution is 0.346. The molecule has 1 N–H and O–H groups in total. The highest BCUT2D eigenvalue weighted by Crippen LogP contribution is 2.14. The Hall–Kier alpha value is -1.86. The predicted molar refractivity (Wildman–Crippen MR) is 72.3 cm³/mol. The zero-order valence-corrected chi connectivity index (χ0v) is 10.9. The minimum atomic E-state index is 0.593. The molecule has 0 amide bonds. The Kier molecular flexibility index (Phi) is 3.96. The predicted octanol–water partition coefficient (Wildman–Crippen LogP) is 2.26. The van der Waals surface area contributed by atoms with E-state index in [0.29, 0.717) is 6.42 Å². The zero-order valence-electron chi connectivity index (χ0n) is 10.9. The fourth-order valence-corrected chi connectivity index (χ4v) is 2.01. The van der Waals surface area contributed by atoms with Gasteiger partial charge in [0.2, 0.25) is 0 Å². The molecule has 4 nitrogen and oxygen atoms in total. The van der Waals surface area contributed by atoms with Crippen molar-refractivity contribution < 1.29 is 0 Å². The van der Waals surface area contributed by atoms with Gasteiger partial charge in [-0.1, -0.05) is 6.07 Å². The average molecular weight is 242 g/mol. The second-order valence-corrected chi connectivity index (χ2v) is 4.64. The molecule has 0 saturated heterocycles. The van der Waals surface area contributed by atoms with Crippen molar-refractivity contribution in [2.45, 2.75) is 19.8 Å². The number of fused-ring (bicyclic) bond motifs is 1. The number of aryl methyl sites for hydroxylation is 1. The van der Waals surface area contributed by atoms with Crippen molar-refractivity contribution in [1.82, 2.24) is 14.9 Å². The number of nitrogens with one attached hydrogen (secondary N) is 1. The van der Waals surface area contributed by atoms with Crippen LogP contribution >= 0.6 is 0 Å². The van der Waals surface area contributed by atoms with Crippen molar-refractivity contribution >= 4 is 11.0 Å². The van der Waals surface area contributed by atoms with E-state index in [1.165, 1.54) is 5.56 Å². The van der Waals surface area contributed by atoms with Gasteiger partial charge < -0.3 is 9.88 Å². The Labute approximate surface area is 107 Å². The monoisotopic (exact) mass is 242 g/mol. The summed E-state index contributed by atoms with van der Waals surface area (Å²) in [7, 11) is 2.05. The minimum absolute atomic E-state index is 0.593. The normalized spacial score (nSPS) is 11.0. The van der Waals surface area contributed by atoms with Crippen LogP contribution in [-0.2, 0) is 6.42 Å². The molecule has 1 aromatic heterocycles. The Morgan fingerprint density at radius 1 is 1.39 bits per heavy atom. The van der Waals surface area contributed by atoms with Gasteiger partial charge in [-0.2, -0.15) is 5.26 Å². The molecule has 2 rings (SSSR count). The van der Waals surface area contributed by atoms with E-state index in [2.05, 4.69) is 46.2 Å². The number of benzene rings is 1. The van der Waals surface area contributed by atoms with Crippen LogP contribution in [0.5, 0.6) is 0 Å². The van der Waals surface area contributed by atoms with Gasteiger partial charge in [-0.25, -0.2) is 4.98 Å². The second kappa shape index (κ2) is 5.65. The molecule has 0 unspecified atom stereocenters. The molecule has 0 aliphatic rings. The van der Waals surface area contributed by atoms with Crippen molar-refractivity contribution in [3.8, 4) is 6.07 Å². The first-order chi connectivity index (χ1) is 8.69. The second-order valence-electron chi connectivity index (χ2n) is 4.64. The number of imidazole rings is 1. The summed E-state index contributed by atoms with van der Waals surface area (Å²) >= 11 is 0. The Morgan fingerprint density at radius 3 is 3.00 bits per heavy atom. The van der Waals surface area contributed by atoms with Crippen LogP contribution < -0.4 is 0 Å². The summed E-state index contributed by atoms with van der Waals surface area (Å²) in [5.74, 6) is 0.952. The molecule has 2 aromatic rings. The number of hydrogen-bond acceptors (Lipinski definition) is 3. The van der Waals surface area contributed by atoms with Crippen LogP contribution in [0.4, 0.5) is 0 Å². The first kappa shape index (κ1) is 12.6. The molecule has 4 heteroatoms. The standard InChI is InChI=1S/C14H18N4/c1-11-16-13-5-4-12(10-14(13)17-11)6-9-18(2)8-3-7-15/h4-5,10H,3,6,8-9H2,1-2H3,(H,16,17).